The molecule has 5 aromatic rings. The molecule has 8 unspecified atom stereocenters. The summed E-state index contributed by atoms with van der Waals surface area (Å²) < 4.78 is 18.3. The van der Waals surface area contributed by atoms with Crippen LogP contribution < -0.4 is 4.74 Å². The van der Waals surface area contributed by atoms with Crippen molar-refractivity contribution in [2.24, 2.45) is 11.8 Å². The first-order chi connectivity index (χ1) is 23.1. The number of fused-ring (bicyclic) bond motifs is 6. The number of H-pyrrole nitrogens is 1. The Morgan fingerprint density at radius 1 is 0.958 bits per heavy atom. The Morgan fingerprint density at radius 2 is 1.71 bits per heavy atom. The van der Waals surface area contributed by atoms with Crippen molar-refractivity contribution in [3.8, 4) is 11.5 Å². The van der Waals surface area contributed by atoms with Crippen molar-refractivity contribution >= 4 is 38.4 Å². The second-order valence-corrected chi connectivity index (χ2v) is 13.5. The number of rotatable bonds is 6. The van der Waals surface area contributed by atoms with Crippen LogP contribution in [0.3, 0.4) is 0 Å². The summed E-state index contributed by atoms with van der Waals surface area (Å²) in [6.45, 7) is -1.47. The molecule has 2 saturated heterocycles. The van der Waals surface area contributed by atoms with E-state index in [1.54, 1.807) is 24.3 Å². The molecule has 3 heterocycles. The van der Waals surface area contributed by atoms with Crippen molar-refractivity contribution in [1.82, 2.24) is 4.98 Å². The standard InChI is InChI=1S/C37H37NO10/c39-17-28-32(30-25-15-21-4-2-1-3-20(21)14-22(25)7-11-27(30)38-28)47-35(43)33-34-36(44,37(45,18-40)48-33)16-23-8-12-29(42)26(31(23)46-34)13-19-5-9-24(41)10-6-19/h1-7,9-11,14-15,23,26,29,31,33-34,38-42,44-45H,8,12-13,16-18H2. The average molecular weight is 656 g/mol. The molecule has 3 aliphatic rings. The summed E-state index contributed by atoms with van der Waals surface area (Å²) in [6.07, 6.45) is -3.18. The summed E-state index contributed by atoms with van der Waals surface area (Å²) in [7, 11) is 0. The number of ether oxygens (including phenoxy) is 3. The monoisotopic (exact) mass is 655 g/mol. The molecule has 3 fully saturated rings. The Balaban J connectivity index is 1.16. The molecule has 1 aliphatic carbocycles. The lowest BCUT2D eigenvalue weighted by Gasteiger charge is -2.52. The average Bonchev–Trinajstić information content (AvgIpc) is 3.56. The molecule has 4 aromatic carbocycles. The molecule has 0 amide bonds. The van der Waals surface area contributed by atoms with Crippen molar-refractivity contribution < 1.29 is 49.6 Å². The van der Waals surface area contributed by atoms with Crippen LogP contribution in [0.15, 0.2) is 72.8 Å². The molecule has 0 bridgehead atoms. The normalized spacial score (nSPS) is 31.6. The van der Waals surface area contributed by atoms with Crippen LogP contribution in [0, 0.1) is 11.8 Å². The van der Waals surface area contributed by atoms with E-state index in [0.29, 0.717) is 30.2 Å². The molecule has 1 saturated carbocycles. The number of hydrogen-bond acceptors (Lipinski definition) is 10. The fourth-order valence-electron chi connectivity index (χ4n) is 8.25. The van der Waals surface area contributed by atoms with Gasteiger partial charge < -0.3 is 49.8 Å². The Bertz CT molecular complexity index is 2030. The minimum Gasteiger partial charge on any atom is -0.508 e. The maximum absolute atomic E-state index is 14.1. The van der Waals surface area contributed by atoms with E-state index in [9.17, 15) is 35.4 Å². The van der Waals surface area contributed by atoms with Crippen molar-refractivity contribution in [1.29, 1.82) is 0 Å². The number of carbonyl (C=O) groups is 1. The van der Waals surface area contributed by atoms with Gasteiger partial charge in [-0.15, -0.1) is 0 Å². The number of phenolic OH excluding ortho intramolecular Hbond substituents is 1. The third-order valence-electron chi connectivity index (χ3n) is 10.7. The predicted octanol–water partition coefficient (Wildman–Crippen LogP) is 3.18. The second-order valence-electron chi connectivity index (χ2n) is 13.5. The van der Waals surface area contributed by atoms with Gasteiger partial charge >= 0.3 is 5.97 Å². The Morgan fingerprint density at radius 3 is 2.44 bits per heavy atom. The summed E-state index contributed by atoms with van der Waals surface area (Å²) in [5.41, 5.74) is -0.420. The molecule has 11 heteroatoms. The minimum atomic E-state index is -2.53. The minimum absolute atomic E-state index is 0.0470. The molecule has 0 spiro atoms. The van der Waals surface area contributed by atoms with Gasteiger partial charge in [-0.05, 0) is 89.0 Å². The molecule has 2 aliphatic heterocycles. The molecule has 48 heavy (non-hydrogen) atoms. The lowest BCUT2D eigenvalue weighted by atomic mass is 9.66. The van der Waals surface area contributed by atoms with Crippen molar-refractivity contribution in [2.75, 3.05) is 6.61 Å². The molecule has 1 aromatic heterocycles. The number of carbonyl (C=O) groups excluding carboxylic acids is 1. The number of aromatic amines is 1. The maximum Gasteiger partial charge on any atom is 0.343 e. The Hall–Kier alpha value is -4.07. The molecule has 11 nitrogen and oxygen atoms in total. The van der Waals surface area contributed by atoms with Gasteiger partial charge in [0, 0.05) is 5.92 Å². The number of benzene rings is 4. The van der Waals surface area contributed by atoms with E-state index in [1.165, 1.54) is 0 Å². The van der Waals surface area contributed by atoms with Gasteiger partial charge in [0.25, 0.3) is 0 Å². The third-order valence-corrected chi connectivity index (χ3v) is 10.7. The topological polar surface area (TPSA) is 182 Å². The zero-order valence-corrected chi connectivity index (χ0v) is 26.0. The predicted molar refractivity (Wildman–Crippen MR) is 174 cm³/mol. The zero-order chi connectivity index (χ0) is 33.4. The van der Waals surface area contributed by atoms with Crippen molar-refractivity contribution in [3.05, 3.63) is 84.1 Å². The van der Waals surface area contributed by atoms with Crippen LogP contribution in [0.2, 0.25) is 0 Å². The van der Waals surface area contributed by atoms with Crippen LogP contribution >= 0.6 is 0 Å². The van der Waals surface area contributed by atoms with Gasteiger partial charge in [0.05, 0.1) is 35.4 Å². The Kier molecular flexibility index (Phi) is 7.49. The lowest BCUT2D eigenvalue weighted by molar-refractivity contribution is -0.306. The van der Waals surface area contributed by atoms with E-state index in [0.717, 1.165) is 27.1 Å². The number of aliphatic hydroxyl groups is 5. The first-order valence-corrected chi connectivity index (χ1v) is 16.3. The van der Waals surface area contributed by atoms with Gasteiger partial charge in [-0.25, -0.2) is 4.79 Å². The SMILES string of the molecule is O=C(Oc1c(CO)[nH]c2ccc3cc4ccccc4cc3c12)C1OC(O)(CO)C2(O)CC3CCC(O)C(Cc4ccc(O)cc4)C3OC12. The number of aliphatic hydroxyl groups excluding tert-OH is 3. The van der Waals surface area contributed by atoms with Crippen molar-refractivity contribution in [3.63, 3.8) is 0 Å². The molecule has 250 valence electrons. The van der Waals surface area contributed by atoms with Gasteiger partial charge in [-0.2, -0.15) is 0 Å². The number of nitrogens with one attached hydrogen (secondary N) is 1. The highest BCUT2D eigenvalue weighted by molar-refractivity contribution is 6.14. The van der Waals surface area contributed by atoms with Crippen LogP contribution in [0.4, 0.5) is 0 Å². The van der Waals surface area contributed by atoms with Crippen LogP contribution in [-0.2, 0) is 27.3 Å². The number of aromatic hydroxyl groups is 1. The highest BCUT2D eigenvalue weighted by Gasteiger charge is 2.71. The highest BCUT2D eigenvalue weighted by Crippen LogP contribution is 2.53. The third kappa shape index (κ3) is 4.80. The number of phenols is 1. The molecular formula is C37H37NO10. The summed E-state index contributed by atoms with van der Waals surface area (Å²) in [4.78, 5) is 17.2. The quantitative estimate of drug-likeness (QED) is 0.106. The molecule has 8 atom stereocenters. The summed E-state index contributed by atoms with van der Waals surface area (Å²) >= 11 is 0. The van der Waals surface area contributed by atoms with E-state index in [1.807, 2.05) is 48.5 Å². The maximum atomic E-state index is 14.1. The fraction of sp³-hybridized carbons (Fsp3) is 0.378. The van der Waals surface area contributed by atoms with Gasteiger partial charge in [-0.1, -0.05) is 42.5 Å². The van der Waals surface area contributed by atoms with E-state index in [2.05, 4.69) is 4.98 Å². The smallest absolute Gasteiger partial charge is 0.343 e. The van der Waals surface area contributed by atoms with Gasteiger partial charge in [0.1, 0.15) is 18.5 Å². The fourth-order valence-corrected chi connectivity index (χ4v) is 8.25. The summed E-state index contributed by atoms with van der Waals surface area (Å²) in [5.74, 6) is -4.05. The summed E-state index contributed by atoms with van der Waals surface area (Å²) in [6, 6.07) is 22.3. The first-order valence-electron chi connectivity index (χ1n) is 16.3. The largest absolute Gasteiger partial charge is 0.508 e. The molecule has 0 radical (unpaired) electrons. The van der Waals surface area contributed by atoms with Crippen LogP contribution in [0.25, 0.3) is 32.4 Å². The van der Waals surface area contributed by atoms with E-state index >= 15 is 0 Å². The van der Waals surface area contributed by atoms with Crippen LogP contribution in [-0.4, -0.2) is 84.0 Å². The lowest BCUT2D eigenvalue weighted by Crippen LogP contribution is -2.66. The molecule has 8 rings (SSSR count). The second kappa shape index (κ2) is 11.5. The highest BCUT2D eigenvalue weighted by atomic mass is 16.7. The first kappa shape index (κ1) is 31.2. The van der Waals surface area contributed by atoms with E-state index in [4.69, 9.17) is 14.2 Å². The van der Waals surface area contributed by atoms with Crippen LogP contribution in [0.1, 0.15) is 30.5 Å². The van der Waals surface area contributed by atoms with Gasteiger partial charge in [0.15, 0.2) is 17.5 Å². The summed E-state index contributed by atoms with van der Waals surface area (Å²) in [5, 5.41) is 69.1. The molecule has 7 N–H and O–H groups in total. The van der Waals surface area contributed by atoms with Crippen LogP contribution in [0.5, 0.6) is 11.5 Å². The number of esters is 1. The van der Waals surface area contributed by atoms with Gasteiger partial charge in [0.2, 0.25) is 5.79 Å². The zero-order valence-electron chi connectivity index (χ0n) is 26.0. The molecular weight excluding hydrogens is 618 g/mol. The van der Waals surface area contributed by atoms with Crippen molar-refractivity contribution in [2.45, 2.75) is 68.1 Å². The van der Waals surface area contributed by atoms with E-state index < -0.39 is 60.9 Å². The number of aromatic nitrogens is 1. The number of hydrogen-bond donors (Lipinski definition) is 7. The van der Waals surface area contributed by atoms with Gasteiger partial charge in [-0.3, -0.25) is 0 Å². The van der Waals surface area contributed by atoms with E-state index in [-0.39, 0.29) is 29.5 Å². The Labute approximate surface area is 274 Å².